The number of fused-ring (bicyclic) bond motifs is 1. The third-order valence-corrected chi connectivity index (χ3v) is 6.82. The molecular formula is C24H24N4O3S2. The molecule has 1 aliphatic rings. The molecule has 1 aliphatic heterocycles. The Kier molecular flexibility index (Phi) is 7.22. The molecule has 7 nitrogen and oxygen atoms in total. The minimum atomic E-state index is -0.301. The molecule has 3 aromatic rings. The number of nitrogens with one attached hydrogen (secondary N) is 1. The molecule has 0 radical (unpaired) electrons. The molecule has 2 N–H and O–H groups in total. The molecule has 9 heteroatoms. The molecule has 1 aromatic carbocycles. The number of pyridine rings is 1. The van der Waals surface area contributed by atoms with Crippen LogP contribution in [-0.4, -0.2) is 48.8 Å². The van der Waals surface area contributed by atoms with Crippen LogP contribution in [0.15, 0.2) is 64.4 Å². The van der Waals surface area contributed by atoms with Crippen LogP contribution in [0, 0.1) is 0 Å². The van der Waals surface area contributed by atoms with Crippen LogP contribution in [0.25, 0.3) is 11.7 Å². The van der Waals surface area contributed by atoms with Gasteiger partial charge in [0.05, 0.1) is 23.1 Å². The third kappa shape index (κ3) is 5.00. The zero-order valence-electron chi connectivity index (χ0n) is 18.1. The van der Waals surface area contributed by atoms with Gasteiger partial charge in [-0.2, -0.15) is 0 Å². The lowest BCUT2D eigenvalue weighted by molar-refractivity contribution is -0.122. The third-order valence-electron chi connectivity index (χ3n) is 5.44. The van der Waals surface area contributed by atoms with E-state index in [0.29, 0.717) is 40.1 Å². The molecule has 1 fully saturated rings. The molecule has 2 aromatic heterocycles. The number of carbonyl (C=O) groups is 1. The summed E-state index contributed by atoms with van der Waals surface area (Å²) in [6, 6.07) is 14.9. The van der Waals surface area contributed by atoms with Crippen LogP contribution in [0.4, 0.5) is 5.82 Å². The Morgan fingerprint density at radius 2 is 1.94 bits per heavy atom. The van der Waals surface area contributed by atoms with Gasteiger partial charge in [-0.3, -0.25) is 18.9 Å². The van der Waals surface area contributed by atoms with Crippen molar-refractivity contribution >= 4 is 51.7 Å². The normalized spacial score (nSPS) is 16.1. The molecular weight excluding hydrogens is 456 g/mol. The highest BCUT2D eigenvalue weighted by Gasteiger charge is 2.32. The number of nitrogens with zero attached hydrogens (tertiary/aromatic N) is 3. The van der Waals surface area contributed by atoms with E-state index in [9.17, 15) is 14.7 Å². The van der Waals surface area contributed by atoms with Crippen molar-refractivity contribution in [3.05, 3.63) is 81.1 Å². The standard InChI is InChI=1S/C24H24N4O3S2/c1-2-17(15-29)25-21-18(22(30)27-12-7-6-10-20(27)26-21)14-19-23(31)28(24(32)33-19)13-11-16-8-4-3-5-9-16/h3-10,12,14,17,25,29H,2,11,13,15H2,1H3. The summed E-state index contributed by atoms with van der Waals surface area (Å²) in [6.45, 7) is 2.29. The van der Waals surface area contributed by atoms with Gasteiger partial charge < -0.3 is 10.4 Å². The summed E-state index contributed by atoms with van der Waals surface area (Å²) in [7, 11) is 0. The average molecular weight is 481 g/mol. The smallest absolute Gasteiger partial charge is 0.267 e. The Morgan fingerprint density at radius 1 is 1.18 bits per heavy atom. The molecule has 4 rings (SSSR count). The van der Waals surface area contributed by atoms with Gasteiger partial charge in [-0.05, 0) is 36.6 Å². The number of anilines is 1. The highest BCUT2D eigenvalue weighted by molar-refractivity contribution is 8.26. The summed E-state index contributed by atoms with van der Waals surface area (Å²) in [5, 5.41) is 12.8. The van der Waals surface area contributed by atoms with E-state index < -0.39 is 0 Å². The summed E-state index contributed by atoms with van der Waals surface area (Å²) >= 11 is 6.64. The maximum Gasteiger partial charge on any atom is 0.267 e. The molecule has 0 aliphatic carbocycles. The van der Waals surface area contributed by atoms with Crippen LogP contribution in [0.1, 0.15) is 24.5 Å². The van der Waals surface area contributed by atoms with Crippen molar-refractivity contribution in [2.75, 3.05) is 18.5 Å². The Bertz CT molecular complexity index is 1270. The number of aliphatic hydroxyl groups excluding tert-OH is 1. The fourth-order valence-corrected chi connectivity index (χ4v) is 4.81. The first-order valence-corrected chi connectivity index (χ1v) is 11.9. The Labute approximate surface area is 201 Å². The summed E-state index contributed by atoms with van der Waals surface area (Å²) in [4.78, 5) is 32.9. The molecule has 1 unspecified atom stereocenters. The van der Waals surface area contributed by atoms with E-state index in [1.165, 1.54) is 16.2 Å². The van der Waals surface area contributed by atoms with Crippen LogP contribution in [0.2, 0.25) is 0 Å². The topological polar surface area (TPSA) is 86.9 Å². The Hall–Kier alpha value is -3.01. The number of aromatic nitrogens is 2. The van der Waals surface area contributed by atoms with Gasteiger partial charge in [0.15, 0.2) is 0 Å². The highest BCUT2D eigenvalue weighted by Crippen LogP contribution is 2.33. The minimum Gasteiger partial charge on any atom is -0.394 e. The van der Waals surface area contributed by atoms with E-state index in [1.807, 2.05) is 37.3 Å². The molecule has 1 amide bonds. The number of thiocarbonyl (C=S) groups is 1. The SMILES string of the molecule is CCC(CO)Nc1nc2ccccn2c(=O)c1C=C1SC(=S)N(CCc2ccccc2)C1=O. The van der Waals surface area contributed by atoms with Gasteiger partial charge in [-0.15, -0.1) is 0 Å². The van der Waals surface area contributed by atoms with Gasteiger partial charge >= 0.3 is 0 Å². The number of hydrogen-bond donors (Lipinski definition) is 2. The van der Waals surface area contributed by atoms with E-state index in [1.54, 1.807) is 35.4 Å². The van der Waals surface area contributed by atoms with Crippen LogP contribution < -0.4 is 10.9 Å². The number of carbonyl (C=O) groups excluding carboxylic acids is 1. The van der Waals surface area contributed by atoms with Crippen LogP contribution in [0.5, 0.6) is 0 Å². The average Bonchev–Trinajstić information content (AvgIpc) is 3.11. The summed E-state index contributed by atoms with van der Waals surface area (Å²) in [6.07, 6.45) is 4.53. The van der Waals surface area contributed by atoms with E-state index in [0.717, 1.165) is 5.56 Å². The van der Waals surface area contributed by atoms with Gasteiger partial charge in [-0.1, -0.05) is 67.3 Å². The second kappa shape index (κ2) is 10.3. The van der Waals surface area contributed by atoms with Crippen molar-refractivity contribution in [2.24, 2.45) is 0 Å². The monoisotopic (exact) mass is 480 g/mol. The summed E-state index contributed by atoms with van der Waals surface area (Å²) < 4.78 is 1.90. The minimum absolute atomic E-state index is 0.104. The maximum absolute atomic E-state index is 13.3. The van der Waals surface area contributed by atoms with Crippen LogP contribution in [-0.2, 0) is 11.2 Å². The van der Waals surface area contributed by atoms with Crippen molar-refractivity contribution in [3.8, 4) is 0 Å². The molecule has 3 heterocycles. The van der Waals surface area contributed by atoms with Crippen molar-refractivity contribution in [1.29, 1.82) is 0 Å². The van der Waals surface area contributed by atoms with Gasteiger partial charge in [-0.25, -0.2) is 4.98 Å². The van der Waals surface area contributed by atoms with Crippen LogP contribution in [0.3, 0.4) is 0 Å². The number of benzene rings is 1. The van der Waals surface area contributed by atoms with Crippen molar-refractivity contribution in [2.45, 2.75) is 25.8 Å². The Morgan fingerprint density at radius 3 is 2.67 bits per heavy atom. The van der Waals surface area contributed by atoms with Crippen molar-refractivity contribution in [1.82, 2.24) is 14.3 Å². The zero-order valence-corrected chi connectivity index (χ0v) is 19.7. The largest absolute Gasteiger partial charge is 0.394 e. The second-order valence-corrected chi connectivity index (χ2v) is 9.28. The van der Waals surface area contributed by atoms with Gasteiger partial charge in [0.1, 0.15) is 15.8 Å². The molecule has 0 saturated carbocycles. The van der Waals surface area contributed by atoms with E-state index >= 15 is 0 Å². The highest BCUT2D eigenvalue weighted by atomic mass is 32.2. The van der Waals surface area contributed by atoms with Gasteiger partial charge in [0.25, 0.3) is 11.5 Å². The van der Waals surface area contributed by atoms with E-state index in [2.05, 4.69) is 10.3 Å². The molecule has 0 spiro atoms. The van der Waals surface area contributed by atoms with Crippen molar-refractivity contribution in [3.63, 3.8) is 0 Å². The van der Waals surface area contributed by atoms with Crippen molar-refractivity contribution < 1.29 is 9.90 Å². The fourth-order valence-electron chi connectivity index (χ4n) is 3.52. The van der Waals surface area contributed by atoms with E-state index in [4.69, 9.17) is 12.2 Å². The van der Waals surface area contributed by atoms with Crippen LogP contribution >= 0.6 is 24.0 Å². The molecule has 1 saturated heterocycles. The summed E-state index contributed by atoms with van der Waals surface area (Å²) in [5.41, 5.74) is 1.55. The first-order chi connectivity index (χ1) is 16.0. The maximum atomic E-state index is 13.3. The molecule has 33 heavy (non-hydrogen) atoms. The molecule has 170 valence electrons. The lowest BCUT2D eigenvalue weighted by atomic mass is 10.1. The first kappa shape index (κ1) is 23.2. The number of amides is 1. The predicted molar refractivity (Wildman–Crippen MR) is 136 cm³/mol. The number of aliphatic hydroxyl groups is 1. The number of thioether (sulfide) groups is 1. The summed E-state index contributed by atoms with van der Waals surface area (Å²) in [5.74, 6) is 0.111. The second-order valence-electron chi connectivity index (χ2n) is 7.61. The number of rotatable bonds is 8. The number of hydrogen-bond acceptors (Lipinski definition) is 7. The molecule has 1 atom stereocenters. The lowest BCUT2D eigenvalue weighted by Crippen LogP contribution is -2.30. The Balaban J connectivity index is 1.68. The predicted octanol–water partition coefficient (Wildman–Crippen LogP) is 3.32. The quantitative estimate of drug-likeness (QED) is 0.378. The van der Waals surface area contributed by atoms with Gasteiger partial charge in [0.2, 0.25) is 0 Å². The first-order valence-electron chi connectivity index (χ1n) is 10.7. The van der Waals surface area contributed by atoms with Gasteiger partial charge in [0, 0.05) is 12.7 Å². The fraction of sp³-hybridized carbons (Fsp3) is 0.250. The zero-order chi connectivity index (χ0) is 23.4. The van der Waals surface area contributed by atoms with E-state index in [-0.39, 0.29) is 29.7 Å². The lowest BCUT2D eigenvalue weighted by Gasteiger charge is -2.17. The molecule has 0 bridgehead atoms.